The number of halogens is 1. The Hall–Kier alpha value is -0.640. The fourth-order valence-electron chi connectivity index (χ4n) is 0.988. The van der Waals surface area contributed by atoms with Gasteiger partial charge in [0.2, 0.25) is 0 Å². The summed E-state index contributed by atoms with van der Waals surface area (Å²) in [6, 6.07) is -0.873. The molecule has 0 aliphatic carbocycles. The van der Waals surface area contributed by atoms with E-state index in [1.165, 1.54) is 0 Å². The van der Waals surface area contributed by atoms with Gasteiger partial charge < -0.3 is 10.5 Å². The summed E-state index contributed by atoms with van der Waals surface area (Å²) in [6.45, 7) is 8.78. The van der Waals surface area contributed by atoms with Crippen LogP contribution in [0.4, 0.5) is 4.39 Å². The van der Waals surface area contributed by atoms with Crippen molar-refractivity contribution in [1.29, 1.82) is 0 Å². The Morgan fingerprint density at radius 2 is 1.87 bits per heavy atom. The summed E-state index contributed by atoms with van der Waals surface area (Å²) in [5.74, 6) is -0.663. The normalized spacial score (nSPS) is 16.3. The molecule has 0 fully saturated rings. The molecule has 2 atom stereocenters. The molecular formula is C11H22FNO2. The fraction of sp³-hybridized carbons (Fsp3) is 0.909. The van der Waals surface area contributed by atoms with Gasteiger partial charge in [-0.25, -0.2) is 4.39 Å². The summed E-state index contributed by atoms with van der Waals surface area (Å²) in [4.78, 5) is 11.4. The van der Waals surface area contributed by atoms with E-state index in [4.69, 9.17) is 10.5 Å². The number of alkyl halides is 1. The van der Waals surface area contributed by atoms with Gasteiger partial charge in [-0.3, -0.25) is 4.79 Å². The van der Waals surface area contributed by atoms with Crippen LogP contribution < -0.4 is 5.73 Å². The Balaban J connectivity index is 4.11. The Kier molecular flexibility index (Phi) is 5.21. The van der Waals surface area contributed by atoms with Gasteiger partial charge in [0.25, 0.3) is 0 Å². The number of carbonyl (C=O) groups is 1. The van der Waals surface area contributed by atoms with Crippen LogP contribution in [0.2, 0.25) is 0 Å². The van der Waals surface area contributed by atoms with Crippen LogP contribution in [0.5, 0.6) is 0 Å². The van der Waals surface area contributed by atoms with Crippen molar-refractivity contribution in [2.24, 2.45) is 11.7 Å². The first-order valence-electron chi connectivity index (χ1n) is 5.26. The topological polar surface area (TPSA) is 52.3 Å². The van der Waals surface area contributed by atoms with E-state index in [1.54, 1.807) is 34.6 Å². The Bertz CT molecular complexity index is 211. The molecule has 0 aliphatic heterocycles. The maximum atomic E-state index is 13.3. The molecule has 90 valence electrons. The van der Waals surface area contributed by atoms with E-state index in [0.717, 1.165) is 0 Å². The van der Waals surface area contributed by atoms with Gasteiger partial charge in [-0.05, 0) is 26.7 Å². The van der Waals surface area contributed by atoms with E-state index in [9.17, 15) is 9.18 Å². The predicted molar refractivity (Wildman–Crippen MR) is 58.2 cm³/mol. The van der Waals surface area contributed by atoms with Gasteiger partial charge >= 0.3 is 5.97 Å². The second-order valence-electron chi connectivity index (χ2n) is 5.14. The second kappa shape index (κ2) is 5.45. The van der Waals surface area contributed by atoms with E-state index in [0.29, 0.717) is 0 Å². The molecule has 0 aromatic rings. The third kappa shape index (κ3) is 6.44. The van der Waals surface area contributed by atoms with Crippen molar-refractivity contribution in [2.45, 2.75) is 58.9 Å². The average Bonchev–Trinajstić information content (AvgIpc) is 2.00. The fourth-order valence-corrected chi connectivity index (χ4v) is 0.988. The van der Waals surface area contributed by atoms with Crippen molar-refractivity contribution in [3.05, 3.63) is 0 Å². The molecule has 0 rings (SSSR count). The van der Waals surface area contributed by atoms with Crippen LogP contribution in [-0.4, -0.2) is 23.8 Å². The number of ether oxygens (including phenoxy) is 1. The number of nitrogens with two attached hydrogens (primary N) is 1. The molecule has 0 saturated carbocycles. The highest BCUT2D eigenvalue weighted by molar-refractivity contribution is 5.75. The van der Waals surface area contributed by atoms with Crippen LogP contribution in [0.3, 0.4) is 0 Å². The molecule has 4 heteroatoms. The highest BCUT2D eigenvalue weighted by Crippen LogP contribution is 2.14. The molecule has 2 unspecified atom stereocenters. The number of hydrogen-bond acceptors (Lipinski definition) is 3. The van der Waals surface area contributed by atoms with Crippen LogP contribution in [-0.2, 0) is 9.53 Å². The van der Waals surface area contributed by atoms with Crippen molar-refractivity contribution < 1.29 is 13.9 Å². The van der Waals surface area contributed by atoms with Gasteiger partial charge in [0.05, 0.1) is 0 Å². The molecule has 0 bridgehead atoms. The molecule has 0 aromatic heterocycles. The van der Waals surface area contributed by atoms with Gasteiger partial charge in [-0.2, -0.15) is 0 Å². The zero-order valence-electron chi connectivity index (χ0n) is 10.2. The number of carbonyl (C=O) groups excluding carboxylic acids is 1. The van der Waals surface area contributed by atoms with E-state index < -0.39 is 23.8 Å². The van der Waals surface area contributed by atoms with E-state index >= 15 is 0 Å². The third-order valence-electron chi connectivity index (χ3n) is 1.91. The summed E-state index contributed by atoms with van der Waals surface area (Å²) in [7, 11) is 0. The predicted octanol–water partition coefficient (Wildman–Crippen LogP) is 2.04. The molecule has 0 aromatic carbocycles. The minimum Gasteiger partial charge on any atom is -0.459 e. The quantitative estimate of drug-likeness (QED) is 0.736. The zero-order valence-corrected chi connectivity index (χ0v) is 10.2. The maximum absolute atomic E-state index is 13.3. The maximum Gasteiger partial charge on any atom is 0.323 e. The Morgan fingerprint density at radius 1 is 1.40 bits per heavy atom. The lowest BCUT2D eigenvalue weighted by Gasteiger charge is -2.23. The van der Waals surface area contributed by atoms with Crippen molar-refractivity contribution in [3.63, 3.8) is 0 Å². The first kappa shape index (κ1) is 14.4. The largest absolute Gasteiger partial charge is 0.459 e. The van der Waals surface area contributed by atoms with Gasteiger partial charge in [-0.15, -0.1) is 0 Å². The van der Waals surface area contributed by atoms with Crippen molar-refractivity contribution in [3.8, 4) is 0 Å². The summed E-state index contributed by atoms with van der Waals surface area (Å²) in [5.41, 5.74) is 4.98. The smallest absolute Gasteiger partial charge is 0.323 e. The summed E-state index contributed by atoms with van der Waals surface area (Å²) in [5, 5.41) is 0. The molecule has 15 heavy (non-hydrogen) atoms. The molecule has 3 nitrogen and oxygen atoms in total. The Labute approximate surface area is 91.2 Å². The Morgan fingerprint density at radius 3 is 2.20 bits per heavy atom. The van der Waals surface area contributed by atoms with Crippen LogP contribution >= 0.6 is 0 Å². The SMILES string of the molecule is CC(C)C(F)CC(N)C(=O)OC(C)(C)C. The molecule has 0 spiro atoms. The highest BCUT2D eigenvalue weighted by Gasteiger charge is 2.25. The molecule has 0 radical (unpaired) electrons. The van der Waals surface area contributed by atoms with Gasteiger partial charge in [0.15, 0.2) is 0 Å². The first-order valence-corrected chi connectivity index (χ1v) is 5.26. The van der Waals surface area contributed by atoms with E-state index in [1.807, 2.05) is 0 Å². The standard InChI is InChI=1S/C11H22FNO2/c1-7(2)8(12)6-9(13)10(14)15-11(3,4)5/h7-9H,6,13H2,1-5H3. The van der Waals surface area contributed by atoms with Crippen LogP contribution in [0.1, 0.15) is 41.0 Å². The second-order valence-corrected chi connectivity index (χ2v) is 5.14. The number of rotatable bonds is 4. The molecule has 0 amide bonds. The summed E-state index contributed by atoms with van der Waals surface area (Å²) < 4.78 is 18.3. The van der Waals surface area contributed by atoms with E-state index in [2.05, 4.69) is 0 Å². The van der Waals surface area contributed by atoms with Gasteiger partial charge in [0, 0.05) is 6.42 Å². The summed E-state index contributed by atoms with van der Waals surface area (Å²) >= 11 is 0. The minimum absolute atomic E-state index is 0.0204. The molecular weight excluding hydrogens is 197 g/mol. The zero-order chi connectivity index (χ0) is 12.2. The number of esters is 1. The summed E-state index contributed by atoms with van der Waals surface area (Å²) in [6.07, 6.45) is -1.04. The van der Waals surface area contributed by atoms with Crippen molar-refractivity contribution in [2.75, 3.05) is 0 Å². The minimum atomic E-state index is -1.06. The lowest BCUT2D eigenvalue weighted by molar-refractivity contribution is -0.157. The first-order chi connectivity index (χ1) is 6.63. The van der Waals surface area contributed by atoms with Crippen LogP contribution in [0.25, 0.3) is 0 Å². The molecule has 2 N–H and O–H groups in total. The molecule has 0 heterocycles. The molecule has 0 saturated heterocycles. The van der Waals surface area contributed by atoms with Gasteiger partial charge in [-0.1, -0.05) is 13.8 Å². The average molecular weight is 219 g/mol. The lowest BCUT2D eigenvalue weighted by atomic mass is 10.0. The van der Waals surface area contributed by atoms with Crippen molar-refractivity contribution in [1.82, 2.24) is 0 Å². The highest BCUT2D eigenvalue weighted by atomic mass is 19.1. The van der Waals surface area contributed by atoms with Crippen molar-refractivity contribution >= 4 is 5.97 Å². The van der Waals surface area contributed by atoms with E-state index in [-0.39, 0.29) is 12.3 Å². The number of hydrogen-bond donors (Lipinski definition) is 1. The van der Waals surface area contributed by atoms with Gasteiger partial charge in [0.1, 0.15) is 17.8 Å². The van der Waals surface area contributed by atoms with Crippen LogP contribution in [0.15, 0.2) is 0 Å². The molecule has 0 aliphatic rings. The van der Waals surface area contributed by atoms with Crippen LogP contribution in [0, 0.1) is 5.92 Å². The monoisotopic (exact) mass is 219 g/mol. The lowest BCUT2D eigenvalue weighted by Crippen LogP contribution is -2.39. The third-order valence-corrected chi connectivity index (χ3v) is 1.91.